The molecule has 0 bridgehead atoms. The molecule has 0 aromatic rings. The van der Waals surface area contributed by atoms with E-state index in [9.17, 15) is 39.7 Å². The lowest BCUT2D eigenvalue weighted by Crippen LogP contribution is -2.61. The third kappa shape index (κ3) is 13.5. The molecule has 2 saturated heterocycles. The minimum Gasteiger partial charge on any atom is -0.458 e. The van der Waals surface area contributed by atoms with Gasteiger partial charge in [0.05, 0.1) is 13.2 Å². The molecule has 2 rings (SSSR count). The molecule has 11 atom stereocenters. The van der Waals surface area contributed by atoms with Crippen LogP contribution in [0, 0.1) is 0 Å². The van der Waals surface area contributed by atoms with E-state index in [0.29, 0.717) is 6.42 Å². The summed E-state index contributed by atoms with van der Waals surface area (Å²) in [6.07, 6.45) is -11.7. The summed E-state index contributed by atoms with van der Waals surface area (Å²) in [6, 6.07) is -3.08. The van der Waals surface area contributed by atoms with Gasteiger partial charge in [0.15, 0.2) is 45.3 Å². The standard InChI is InChI=1S/C29H49N6O16PSi/c1-11-12-42-27-21(32-34-30)25(47-17(4)38)23(45-15(2)36)19(49-27)13-43-52(40,41)51-28-22(33-35-31)26(48-18(5)39)24(46-16(3)37)20(50-28)14-44-53(9,10)29(6,7)8/h19-28H,11-14H2,1-10H3,(H,40,41)/t19?,20?,21?,22?,23-,24-,25-,26-,27+,28-/m1/s1. The fourth-order valence-corrected chi connectivity index (χ4v) is 6.88. The Bertz CT molecular complexity index is 1450. The molecule has 2 heterocycles. The van der Waals surface area contributed by atoms with Crippen molar-refractivity contribution in [2.75, 3.05) is 19.8 Å². The number of hydrogen-bond donors (Lipinski definition) is 1. The number of carbonyl (C=O) groups is 4. The molecule has 0 amide bonds. The second-order valence-electron chi connectivity index (χ2n) is 13.6. The normalized spacial score (nSPS) is 30.0. The number of carbonyl (C=O) groups excluding carboxylic acids is 4. The van der Waals surface area contributed by atoms with Crippen LogP contribution in [0.1, 0.15) is 61.8 Å². The number of rotatable bonds is 17. The lowest BCUT2D eigenvalue weighted by molar-refractivity contribution is -0.273. The number of phosphoric acid groups is 1. The van der Waals surface area contributed by atoms with E-state index in [1.54, 1.807) is 6.92 Å². The highest BCUT2D eigenvalue weighted by atomic mass is 31.2. The predicted molar refractivity (Wildman–Crippen MR) is 182 cm³/mol. The number of nitrogens with zero attached hydrogens (tertiary/aromatic N) is 6. The molecule has 53 heavy (non-hydrogen) atoms. The summed E-state index contributed by atoms with van der Waals surface area (Å²) >= 11 is 0. The molecule has 0 aliphatic carbocycles. The first kappa shape index (κ1) is 45.8. The Morgan fingerprint density at radius 3 is 1.60 bits per heavy atom. The SMILES string of the molecule is CCCO[C@H]1OC(COP(=O)(O)O[C@H]2OC(CO[Si](C)(C)C(C)(C)C)[C@@H](OC(C)=O)[C@H](OC(C)=O)C2N=[N+]=[N-])[C@@H](OC(C)=O)[C@H](OC(C)=O)C1N=[N+]=[N-]. The van der Waals surface area contributed by atoms with Gasteiger partial charge < -0.3 is 42.5 Å². The van der Waals surface area contributed by atoms with Crippen molar-refractivity contribution >= 4 is 40.0 Å². The third-order valence-corrected chi connectivity index (χ3v) is 13.8. The largest absolute Gasteiger partial charge is 0.474 e. The minimum atomic E-state index is -5.32. The van der Waals surface area contributed by atoms with E-state index in [1.165, 1.54) is 0 Å². The first-order chi connectivity index (χ1) is 24.6. The van der Waals surface area contributed by atoms with Crippen LogP contribution < -0.4 is 0 Å². The molecule has 0 spiro atoms. The van der Waals surface area contributed by atoms with Gasteiger partial charge in [0, 0.05) is 44.1 Å². The highest BCUT2D eigenvalue weighted by Crippen LogP contribution is 2.48. The van der Waals surface area contributed by atoms with Crippen LogP contribution in [0.15, 0.2) is 10.2 Å². The summed E-state index contributed by atoms with van der Waals surface area (Å²) in [5, 5.41) is 6.91. The van der Waals surface area contributed by atoms with Crippen LogP contribution in [0.25, 0.3) is 20.9 Å². The van der Waals surface area contributed by atoms with Crippen LogP contribution in [0.3, 0.4) is 0 Å². The highest BCUT2D eigenvalue weighted by Gasteiger charge is 2.54. The first-order valence-electron chi connectivity index (χ1n) is 16.6. The number of azide groups is 2. The lowest BCUT2D eigenvalue weighted by Gasteiger charge is -2.45. The first-order valence-corrected chi connectivity index (χ1v) is 21.0. The Morgan fingerprint density at radius 1 is 0.774 bits per heavy atom. The second kappa shape index (κ2) is 19.8. The lowest BCUT2D eigenvalue weighted by atomic mass is 9.97. The summed E-state index contributed by atoms with van der Waals surface area (Å²) in [4.78, 5) is 65.1. The maximum atomic E-state index is 13.6. The zero-order valence-electron chi connectivity index (χ0n) is 31.3. The summed E-state index contributed by atoms with van der Waals surface area (Å²) in [7, 11) is -7.82. The molecule has 1 N–H and O–H groups in total. The van der Waals surface area contributed by atoms with Crippen LogP contribution in [-0.4, -0.2) is 118 Å². The van der Waals surface area contributed by atoms with Crippen molar-refractivity contribution in [1.29, 1.82) is 0 Å². The van der Waals surface area contributed by atoms with Gasteiger partial charge in [-0.2, -0.15) is 0 Å². The molecule has 0 aromatic heterocycles. The van der Waals surface area contributed by atoms with Crippen molar-refractivity contribution in [2.24, 2.45) is 10.2 Å². The van der Waals surface area contributed by atoms with Crippen LogP contribution in [0.4, 0.5) is 0 Å². The molecule has 0 aromatic carbocycles. The maximum Gasteiger partial charge on any atom is 0.474 e. The highest BCUT2D eigenvalue weighted by molar-refractivity contribution is 7.47. The Morgan fingerprint density at radius 2 is 1.19 bits per heavy atom. The topological polar surface area (TPSA) is 295 Å². The van der Waals surface area contributed by atoms with E-state index in [1.807, 2.05) is 33.9 Å². The van der Waals surface area contributed by atoms with E-state index in [0.717, 1.165) is 27.7 Å². The molecule has 24 heteroatoms. The van der Waals surface area contributed by atoms with Gasteiger partial charge in [-0.25, -0.2) is 4.57 Å². The molecule has 300 valence electrons. The zero-order valence-corrected chi connectivity index (χ0v) is 33.2. The van der Waals surface area contributed by atoms with Crippen molar-refractivity contribution in [3.05, 3.63) is 20.9 Å². The van der Waals surface area contributed by atoms with E-state index in [2.05, 4.69) is 20.1 Å². The van der Waals surface area contributed by atoms with Crippen molar-refractivity contribution in [1.82, 2.24) is 0 Å². The molecule has 2 fully saturated rings. The van der Waals surface area contributed by atoms with Crippen LogP contribution in [0.2, 0.25) is 18.1 Å². The summed E-state index contributed by atoms with van der Waals surface area (Å²) < 4.78 is 69.5. The van der Waals surface area contributed by atoms with E-state index in [4.69, 9.17) is 46.6 Å². The van der Waals surface area contributed by atoms with Gasteiger partial charge in [0.1, 0.15) is 24.3 Å². The van der Waals surface area contributed by atoms with Gasteiger partial charge in [-0.1, -0.05) is 37.9 Å². The predicted octanol–water partition coefficient (Wildman–Crippen LogP) is 4.10. The fraction of sp³-hybridized carbons (Fsp3) is 0.862. The molecule has 2 aliphatic rings. The molecule has 2 aliphatic heterocycles. The number of esters is 4. The average molecular weight is 797 g/mol. The van der Waals surface area contributed by atoms with Crippen molar-refractivity contribution < 1.29 is 75.3 Å². The van der Waals surface area contributed by atoms with Crippen molar-refractivity contribution in [3.63, 3.8) is 0 Å². The van der Waals surface area contributed by atoms with Crippen molar-refractivity contribution in [2.45, 2.75) is 141 Å². The minimum absolute atomic E-state index is 0.0836. The number of ether oxygens (including phenoxy) is 7. The van der Waals surface area contributed by atoms with Crippen LogP contribution in [-0.2, 0) is 70.4 Å². The maximum absolute atomic E-state index is 13.6. The number of hydrogen-bond acceptors (Lipinski definition) is 17. The van der Waals surface area contributed by atoms with Crippen LogP contribution >= 0.6 is 7.82 Å². The average Bonchev–Trinajstić information content (AvgIpc) is 3.02. The van der Waals surface area contributed by atoms with Gasteiger partial charge in [0.2, 0.25) is 0 Å². The van der Waals surface area contributed by atoms with Crippen LogP contribution in [0.5, 0.6) is 0 Å². The molecule has 0 saturated carbocycles. The Kier molecular flexibility index (Phi) is 17.1. The Hall–Kier alpha value is -3.33. The quantitative estimate of drug-likeness (QED) is 0.0412. The molecular weight excluding hydrogens is 747 g/mol. The smallest absolute Gasteiger partial charge is 0.458 e. The molecule has 22 nitrogen and oxygen atoms in total. The molecule has 0 radical (unpaired) electrons. The van der Waals surface area contributed by atoms with Gasteiger partial charge >= 0.3 is 31.7 Å². The Balaban J connectivity index is 2.51. The summed E-state index contributed by atoms with van der Waals surface area (Å²) in [5.41, 5.74) is 18.6. The second-order valence-corrected chi connectivity index (χ2v) is 19.8. The van der Waals surface area contributed by atoms with Gasteiger partial charge in [-0.15, -0.1) is 0 Å². The fourth-order valence-electron chi connectivity index (χ4n) is 5.03. The van der Waals surface area contributed by atoms with Crippen molar-refractivity contribution in [3.8, 4) is 0 Å². The summed E-state index contributed by atoms with van der Waals surface area (Å²) in [6.45, 7) is 14.7. The van der Waals surface area contributed by atoms with Gasteiger partial charge in [0.25, 0.3) is 0 Å². The monoisotopic (exact) mass is 796 g/mol. The van der Waals surface area contributed by atoms with Gasteiger partial charge in [-0.3, -0.25) is 28.2 Å². The molecular formula is C29H49N6O16PSi. The van der Waals surface area contributed by atoms with Gasteiger partial charge in [-0.05, 0) is 35.6 Å². The molecule has 5 unspecified atom stereocenters. The van der Waals surface area contributed by atoms with E-state index < -0.39 is 108 Å². The van der Waals surface area contributed by atoms with E-state index in [-0.39, 0.29) is 18.3 Å². The number of phosphoric ester groups is 1. The van der Waals surface area contributed by atoms with E-state index >= 15 is 0 Å². The Labute approximate surface area is 307 Å². The third-order valence-electron chi connectivity index (χ3n) is 8.35. The summed E-state index contributed by atoms with van der Waals surface area (Å²) in [5.74, 6) is -3.42. The zero-order chi connectivity index (χ0) is 40.3.